The third kappa shape index (κ3) is 2.40. The summed E-state index contributed by atoms with van der Waals surface area (Å²) < 4.78 is 0. The molecule has 1 aliphatic carbocycles. The second-order valence-corrected chi connectivity index (χ2v) is 5.54. The normalized spacial score (nSPS) is 29.9. The van der Waals surface area contributed by atoms with Crippen LogP contribution in [0.3, 0.4) is 0 Å². The van der Waals surface area contributed by atoms with E-state index in [-0.39, 0.29) is 24.3 Å². The molecule has 4 heteroatoms. The Bertz CT molecular complexity index is 500. The third-order valence-corrected chi connectivity index (χ3v) is 4.06. The van der Waals surface area contributed by atoms with Gasteiger partial charge in [0.25, 0.3) is 5.91 Å². The summed E-state index contributed by atoms with van der Waals surface area (Å²) in [5, 5.41) is 3.24. The number of hydrogen-bond donors (Lipinski definition) is 1. The highest BCUT2D eigenvalue weighted by atomic mass is 16.2. The summed E-state index contributed by atoms with van der Waals surface area (Å²) in [6, 6.07) is 8.78. The standard InChI is InChI=1S/C15H18N2O2/c1-10-7-11(10)9-16-13-8-14(18)17(15(13)19)12-5-3-2-4-6-12/h2-6,10-11,13,16H,7-9H2,1H3. The van der Waals surface area contributed by atoms with Crippen molar-refractivity contribution in [3.05, 3.63) is 30.3 Å². The Hall–Kier alpha value is -1.68. The molecule has 3 unspecified atom stereocenters. The quantitative estimate of drug-likeness (QED) is 0.834. The molecule has 1 heterocycles. The van der Waals surface area contributed by atoms with Crippen LogP contribution in [0.2, 0.25) is 0 Å². The van der Waals surface area contributed by atoms with Gasteiger partial charge in [0, 0.05) is 0 Å². The predicted octanol–water partition coefficient (Wildman–Crippen LogP) is 1.56. The zero-order valence-corrected chi connectivity index (χ0v) is 11.0. The molecule has 3 atom stereocenters. The Labute approximate surface area is 112 Å². The van der Waals surface area contributed by atoms with Crippen LogP contribution in [0.1, 0.15) is 19.8 Å². The summed E-state index contributed by atoms with van der Waals surface area (Å²) >= 11 is 0. The Morgan fingerprint density at radius 3 is 2.58 bits per heavy atom. The molecule has 0 spiro atoms. The number of carbonyl (C=O) groups is 2. The van der Waals surface area contributed by atoms with Gasteiger partial charge in [-0.2, -0.15) is 0 Å². The maximum Gasteiger partial charge on any atom is 0.251 e. The van der Waals surface area contributed by atoms with Gasteiger partial charge in [-0.15, -0.1) is 0 Å². The van der Waals surface area contributed by atoms with Crippen LogP contribution in [-0.4, -0.2) is 24.4 Å². The SMILES string of the molecule is CC1CC1CNC1CC(=O)N(c2ccccc2)C1=O. The molecule has 1 N–H and O–H groups in total. The van der Waals surface area contributed by atoms with Crippen molar-refractivity contribution in [2.45, 2.75) is 25.8 Å². The molecule has 0 aromatic heterocycles. The number of para-hydroxylation sites is 1. The number of nitrogens with one attached hydrogen (secondary N) is 1. The van der Waals surface area contributed by atoms with Gasteiger partial charge in [-0.1, -0.05) is 25.1 Å². The number of imide groups is 1. The van der Waals surface area contributed by atoms with Gasteiger partial charge in [0.05, 0.1) is 18.2 Å². The highest BCUT2D eigenvalue weighted by Gasteiger charge is 2.41. The molecule has 100 valence electrons. The molecule has 1 saturated carbocycles. The molecule has 0 bridgehead atoms. The maximum atomic E-state index is 12.3. The van der Waals surface area contributed by atoms with Crippen molar-refractivity contribution in [2.24, 2.45) is 11.8 Å². The van der Waals surface area contributed by atoms with E-state index >= 15 is 0 Å². The van der Waals surface area contributed by atoms with E-state index < -0.39 is 0 Å². The highest BCUT2D eigenvalue weighted by molar-refractivity contribution is 6.22. The molecular weight excluding hydrogens is 240 g/mol. The number of amides is 2. The molecule has 1 aromatic rings. The van der Waals surface area contributed by atoms with Crippen LogP contribution in [0.25, 0.3) is 0 Å². The number of anilines is 1. The lowest BCUT2D eigenvalue weighted by atomic mass is 10.2. The van der Waals surface area contributed by atoms with Gasteiger partial charge >= 0.3 is 0 Å². The molecule has 19 heavy (non-hydrogen) atoms. The number of rotatable bonds is 4. The van der Waals surface area contributed by atoms with Gasteiger partial charge in [0.2, 0.25) is 5.91 Å². The van der Waals surface area contributed by atoms with E-state index in [4.69, 9.17) is 0 Å². The van der Waals surface area contributed by atoms with Crippen LogP contribution in [-0.2, 0) is 9.59 Å². The van der Waals surface area contributed by atoms with Crippen molar-refractivity contribution < 1.29 is 9.59 Å². The molecule has 3 rings (SSSR count). The topological polar surface area (TPSA) is 49.4 Å². The molecule has 2 aliphatic rings. The molecule has 2 fully saturated rings. The Morgan fingerprint density at radius 2 is 1.95 bits per heavy atom. The van der Waals surface area contributed by atoms with E-state index in [2.05, 4.69) is 12.2 Å². The molecule has 1 saturated heterocycles. The lowest BCUT2D eigenvalue weighted by Gasteiger charge is -2.15. The van der Waals surface area contributed by atoms with Gasteiger partial charge in [-0.05, 0) is 36.9 Å². The Kier molecular flexibility index (Phi) is 3.11. The first-order valence-corrected chi connectivity index (χ1v) is 6.82. The third-order valence-electron chi connectivity index (χ3n) is 4.06. The van der Waals surface area contributed by atoms with Crippen LogP contribution in [0, 0.1) is 11.8 Å². The molecule has 1 aliphatic heterocycles. The minimum Gasteiger partial charge on any atom is -0.305 e. The van der Waals surface area contributed by atoms with Crippen LogP contribution in [0.15, 0.2) is 30.3 Å². The van der Waals surface area contributed by atoms with Crippen molar-refractivity contribution in [1.82, 2.24) is 5.32 Å². The summed E-state index contributed by atoms with van der Waals surface area (Å²) in [7, 11) is 0. The van der Waals surface area contributed by atoms with Crippen LogP contribution in [0.5, 0.6) is 0 Å². The van der Waals surface area contributed by atoms with Crippen LogP contribution >= 0.6 is 0 Å². The fraction of sp³-hybridized carbons (Fsp3) is 0.467. The highest BCUT2D eigenvalue weighted by Crippen LogP contribution is 2.37. The zero-order chi connectivity index (χ0) is 13.4. The van der Waals surface area contributed by atoms with Crippen LogP contribution < -0.4 is 10.2 Å². The summed E-state index contributed by atoms with van der Waals surface area (Å²) in [6.07, 6.45) is 1.50. The summed E-state index contributed by atoms with van der Waals surface area (Å²) in [4.78, 5) is 25.6. The molecule has 1 aromatic carbocycles. The van der Waals surface area contributed by atoms with E-state index in [0.29, 0.717) is 11.6 Å². The average Bonchev–Trinajstić information content (AvgIpc) is 3.03. The van der Waals surface area contributed by atoms with E-state index in [1.54, 1.807) is 12.1 Å². The van der Waals surface area contributed by atoms with Crippen molar-refractivity contribution in [3.8, 4) is 0 Å². The first kappa shape index (κ1) is 12.4. The minimum absolute atomic E-state index is 0.113. The summed E-state index contributed by atoms with van der Waals surface area (Å²) in [5.41, 5.74) is 0.668. The van der Waals surface area contributed by atoms with Crippen LogP contribution in [0.4, 0.5) is 5.69 Å². The number of nitrogens with zero attached hydrogens (tertiary/aromatic N) is 1. The number of carbonyl (C=O) groups excluding carboxylic acids is 2. The fourth-order valence-electron chi connectivity index (χ4n) is 2.62. The van der Waals surface area contributed by atoms with Crippen molar-refractivity contribution in [1.29, 1.82) is 0 Å². The fourth-order valence-corrected chi connectivity index (χ4v) is 2.62. The van der Waals surface area contributed by atoms with E-state index in [1.165, 1.54) is 11.3 Å². The van der Waals surface area contributed by atoms with E-state index in [0.717, 1.165) is 12.5 Å². The van der Waals surface area contributed by atoms with E-state index in [1.807, 2.05) is 18.2 Å². The second-order valence-electron chi connectivity index (χ2n) is 5.54. The zero-order valence-electron chi connectivity index (χ0n) is 11.0. The average molecular weight is 258 g/mol. The minimum atomic E-state index is -0.347. The van der Waals surface area contributed by atoms with Gasteiger partial charge in [0.1, 0.15) is 0 Å². The first-order valence-electron chi connectivity index (χ1n) is 6.82. The molecular formula is C15H18N2O2. The Morgan fingerprint density at radius 1 is 1.26 bits per heavy atom. The van der Waals surface area contributed by atoms with Crippen molar-refractivity contribution in [3.63, 3.8) is 0 Å². The van der Waals surface area contributed by atoms with E-state index in [9.17, 15) is 9.59 Å². The molecule has 2 amide bonds. The smallest absolute Gasteiger partial charge is 0.251 e. The maximum absolute atomic E-state index is 12.3. The Balaban J connectivity index is 1.67. The molecule has 0 radical (unpaired) electrons. The monoisotopic (exact) mass is 258 g/mol. The summed E-state index contributed by atoms with van der Waals surface area (Å²) in [5.74, 6) is 1.20. The van der Waals surface area contributed by atoms with Crippen molar-refractivity contribution in [2.75, 3.05) is 11.4 Å². The van der Waals surface area contributed by atoms with Gasteiger partial charge in [-0.3, -0.25) is 9.59 Å². The van der Waals surface area contributed by atoms with Gasteiger partial charge in [0.15, 0.2) is 0 Å². The lowest BCUT2D eigenvalue weighted by molar-refractivity contribution is -0.121. The van der Waals surface area contributed by atoms with Gasteiger partial charge < -0.3 is 5.32 Å². The lowest BCUT2D eigenvalue weighted by Crippen LogP contribution is -2.39. The number of hydrogen-bond acceptors (Lipinski definition) is 3. The van der Waals surface area contributed by atoms with Gasteiger partial charge in [-0.25, -0.2) is 4.90 Å². The number of benzene rings is 1. The van der Waals surface area contributed by atoms with Crippen molar-refractivity contribution >= 4 is 17.5 Å². The predicted molar refractivity (Wildman–Crippen MR) is 72.6 cm³/mol. The largest absolute Gasteiger partial charge is 0.305 e. The second kappa shape index (κ2) is 4.78. The summed E-state index contributed by atoms with van der Waals surface area (Å²) in [6.45, 7) is 3.05. The molecule has 4 nitrogen and oxygen atoms in total. The first-order chi connectivity index (χ1) is 9.16.